The van der Waals surface area contributed by atoms with Crippen molar-refractivity contribution in [3.8, 4) is 0 Å². The van der Waals surface area contributed by atoms with Crippen molar-refractivity contribution in [3.63, 3.8) is 0 Å². The number of thioether (sulfide) groups is 1. The van der Waals surface area contributed by atoms with Crippen LogP contribution < -0.4 is 16.0 Å². The van der Waals surface area contributed by atoms with Crippen molar-refractivity contribution in [3.05, 3.63) is 30.3 Å². The second kappa shape index (κ2) is 12.6. The maximum atomic E-state index is 11.8. The van der Waals surface area contributed by atoms with E-state index in [1.165, 1.54) is 5.69 Å². The fourth-order valence-electron chi connectivity index (χ4n) is 2.10. The van der Waals surface area contributed by atoms with Crippen LogP contribution >= 0.6 is 24.2 Å². The average molecular weight is 346 g/mol. The lowest BCUT2D eigenvalue weighted by Crippen LogP contribution is -2.41. The van der Waals surface area contributed by atoms with Gasteiger partial charge < -0.3 is 16.0 Å². The third kappa shape index (κ3) is 7.92. The highest BCUT2D eigenvalue weighted by atomic mass is 35.5. The van der Waals surface area contributed by atoms with Crippen LogP contribution in [0, 0.1) is 0 Å². The van der Waals surface area contributed by atoms with E-state index < -0.39 is 0 Å². The van der Waals surface area contributed by atoms with Crippen LogP contribution in [0.3, 0.4) is 0 Å². The summed E-state index contributed by atoms with van der Waals surface area (Å²) in [6.45, 7) is 4.71. The number of anilines is 1. The molecule has 0 heterocycles. The molecule has 0 bridgehead atoms. The molecule has 4 nitrogen and oxygen atoms in total. The van der Waals surface area contributed by atoms with Gasteiger partial charge in [-0.2, -0.15) is 11.8 Å². The molecule has 0 aliphatic heterocycles. The van der Waals surface area contributed by atoms with Crippen molar-refractivity contribution in [1.82, 2.24) is 5.32 Å². The Kier molecular flexibility index (Phi) is 12.1. The zero-order valence-electron chi connectivity index (χ0n) is 13.5. The molecule has 1 atom stereocenters. The number of nitrogens with two attached hydrogens (primary N) is 1. The van der Waals surface area contributed by atoms with Gasteiger partial charge in [0.15, 0.2) is 0 Å². The summed E-state index contributed by atoms with van der Waals surface area (Å²) in [6, 6.07) is 9.96. The van der Waals surface area contributed by atoms with Crippen molar-refractivity contribution in [2.24, 2.45) is 5.73 Å². The standard InChI is InChI=1S/C16H27N3OS.ClH/c1-3-19(14-8-5-4-6-9-14)12-7-11-18-16(20)15(17)10-13-21-2;/h4-6,8-9,15H,3,7,10-13,17H2,1-2H3,(H,18,20);1H/t15-;/m0./s1. The number of carbonyl (C=O) groups is 1. The first-order valence-corrected chi connectivity index (χ1v) is 8.90. The van der Waals surface area contributed by atoms with Crippen LogP contribution in [0.25, 0.3) is 0 Å². The molecule has 0 unspecified atom stereocenters. The molecule has 1 aromatic rings. The molecule has 0 aliphatic rings. The fourth-order valence-corrected chi connectivity index (χ4v) is 2.59. The third-order valence-corrected chi connectivity index (χ3v) is 4.02. The molecule has 1 aromatic carbocycles. The van der Waals surface area contributed by atoms with Crippen molar-refractivity contribution < 1.29 is 4.79 Å². The highest BCUT2D eigenvalue weighted by Crippen LogP contribution is 2.12. The summed E-state index contributed by atoms with van der Waals surface area (Å²) >= 11 is 1.71. The van der Waals surface area contributed by atoms with E-state index in [9.17, 15) is 4.79 Å². The molecule has 0 saturated carbocycles. The van der Waals surface area contributed by atoms with Crippen LogP contribution in [0.1, 0.15) is 19.8 Å². The summed E-state index contributed by atoms with van der Waals surface area (Å²) in [6.07, 6.45) is 3.68. The second-order valence-corrected chi connectivity index (χ2v) is 5.93. The minimum absolute atomic E-state index is 0. The summed E-state index contributed by atoms with van der Waals surface area (Å²) in [5.74, 6) is 0.887. The van der Waals surface area contributed by atoms with E-state index in [-0.39, 0.29) is 24.4 Å². The smallest absolute Gasteiger partial charge is 0.236 e. The summed E-state index contributed by atoms with van der Waals surface area (Å²) in [5.41, 5.74) is 7.05. The Morgan fingerprint density at radius 1 is 1.36 bits per heavy atom. The van der Waals surface area contributed by atoms with Gasteiger partial charge in [-0.15, -0.1) is 12.4 Å². The molecule has 0 radical (unpaired) electrons. The lowest BCUT2D eigenvalue weighted by Gasteiger charge is -2.23. The SMILES string of the molecule is CCN(CCCNC(=O)[C@@H](N)CCSC)c1ccccc1.Cl. The zero-order chi connectivity index (χ0) is 15.5. The van der Waals surface area contributed by atoms with E-state index in [1.54, 1.807) is 11.8 Å². The number of nitrogens with one attached hydrogen (secondary N) is 1. The van der Waals surface area contributed by atoms with Crippen LogP contribution in [0.5, 0.6) is 0 Å². The molecule has 3 N–H and O–H groups in total. The molecular weight excluding hydrogens is 318 g/mol. The Labute approximate surface area is 144 Å². The number of amides is 1. The molecule has 126 valence electrons. The highest BCUT2D eigenvalue weighted by Gasteiger charge is 2.12. The average Bonchev–Trinajstić information content (AvgIpc) is 2.53. The van der Waals surface area contributed by atoms with Crippen LogP contribution in [0.2, 0.25) is 0 Å². The minimum Gasteiger partial charge on any atom is -0.372 e. The van der Waals surface area contributed by atoms with Gasteiger partial charge in [-0.3, -0.25) is 4.79 Å². The van der Waals surface area contributed by atoms with Crippen molar-refractivity contribution in [1.29, 1.82) is 0 Å². The molecule has 0 aliphatic carbocycles. The number of para-hydroxylation sites is 1. The van der Waals surface area contributed by atoms with E-state index in [4.69, 9.17) is 5.73 Å². The van der Waals surface area contributed by atoms with Gasteiger partial charge in [-0.1, -0.05) is 18.2 Å². The summed E-state index contributed by atoms with van der Waals surface area (Å²) in [5, 5.41) is 2.92. The minimum atomic E-state index is -0.381. The Hall–Kier alpha value is -0.910. The predicted molar refractivity (Wildman–Crippen MR) is 100 cm³/mol. The zero-order valence-corrected chi connectivity index (χ0v) is 15.1. The quantitative estimate of drug-likeness (QED) is 0.640. The van der Waals surface area contributed by atoms with Crippen LogP contribution in [-0.4, -0.2) is 43.6 Å². The van der Waals surface area contributed by atoms with Crippen molar-refractivity contribution >= 4 is 35.8 Å². The maximum absolute atomic E-state index is 11.8. The Bertz CT molecular complexity index is 406. The van der Waals surface area contributed by atoms with Gasteiger partial charge in [-0.05, 0) is 43.9 Å². The fraction of sp³-hybridized carbons (Fsp3) is 0.562. The normalized spacial score (nSPS) is 11.4. The van der Waals surface area contributed by atoms with Gasteiger partial charge in [0, 0.05) is 25.3 Å². The number of hydrogen-bond acceptors (Lipinski definition) is 4. The first-order chi connectivity index (χ1) is 10.2. The largest absolute Gasteiger partial charge is 0.372 e. The third-order valence-electron chi connectivity index (χ3n) is 3.38. The van der Waals surface area contributed by atoms with Crippen LogP contribution in [0.15, 0.2) is 30.3 Å². The van der Waals surface area contributed by atoms with Crippen LogP contribution in [-0.2, 0) is 4.79 Å². The lowest BCUT2D eigenvalue weighted by atomic mass is 10.2. The first kappa shape index (κ1) is 21.1. The van der Waals surface area contributed by atoms with E-state index in [0.717, 1.165) is 31.7 Å². The summed E-state index contributed by atoms with van der Waals surface area (Å²) in [4.78, 5) is 14.1. The molecule has 0 fully saturated rings. The molecule has 6 heteroatoms. The molecule has 0 aromatic heterocycles. The highest BCUT2D eigenvalue weighted by molar-refractivity contribution is 7.98. The van der Waals surface area contributed by atoms with E-state index in [1.807, 2.05) is 24.5 Å². The number of halogens is 1. The number of nitrogens with zero attached hydrogens (tertiary/aromatic N) is 1. The van der Waals surface area contributed by atoms with Gasteiger partial charge in [0.25, 0.3) is 0 Å². The molecule has 1 amide bonds. The van der Waals surface area contributed by atoms with Gasteiger partial charge in [0.05, 0.1) is 6.04 Å². The maximum Gasteiger partial charge on any atom is 0.236 e. The number of benzene rings is 1. The Morgan fingerprint density at radius 2 is 2.05 bits per heavy atom. The topological polar surface area (TPSA) is 58.4 Å². The van der Waals surface area contributed by atoms with Gasteiger partial charge in [0.2, 0.25) is 5.91 Å². The molecule has 22 heavy (non-hydrogen) atoms. The molecule has 0 saturated heterocycles. The number of carbonyl (C=O) groups excluding carboxylic acids is 1. The molecule has 1 rings (SSSR count). The number of hydrogen-bond donors (Lipinski definition) is 2. The first-order valence-electron chi connectivity index (χ1n) is 7.51. The summed E-state index contributed by atoms with van der Waals surface area (Å²) in [7, 11) is 0. The lowest BCUT2D eigenvalue weighted by molar-refractivity contribution is -0.122. The number of rotatable bonds is 10. The van der Waals surface area contributed by atoms with Gasteiger partial charge in [0.1, 0.15) is 0 Å². The van der Waals surface area contributed by atoms with Crippen molar-refractivity contribution in [2.45, 2.75) is 25.8 Å². The van der Waals surface area contributed by atoms with Gasteiger partial charge >= 0.3 is 0 Å². The second-order valence-electron chi connectivity index (χ2n) is 4.95. The predicted octanol–water partition coefficient (Wildman–Crippen LogP) is 2.52. The van der Waals surface area contributed by atoms with E-state index in [0.29, 0.717) is 6.54 Å². The van der Waals surface area contributed by atoms with Gasteiger partial charge in [-0.25, -0.2) is 0 Å². The summed E-state index contributed by atoms with van der Waals surface area (Å²) < 4.78 is 0. The Balaban J connectivity index is 0.00000441. The molecule has 0 spiro atoms. The van der Waals surface area contributed by atoms with Crippen LogP contribution in [0.4, 0.5) is 5.69 Å². The van der Waals surface area contributed by atoms with Crippen molar-refractivity contribution in [2.75, 3.05) is 36.5 Å². The van der Waals surface area contributed by atoms with E-state index >= 15 is 0 Å². The van der Waals surface area contributed by atoms with E-state index in [2.05, 4.69) is 29.3 Å². The molecular formula is C16H28ClN3OS. The monoisotopic (exact) mass is 345 g/mol. The Morgan fingerprint density at radius 3 is 2.64 bits per heavy atom.